The van der Waals surface area contributed by atoms with E-state index in [-0.39, 0.29) is 11.7 Å². The Labute approximate surface area is 161 Å². The van der Waals surface area contributed by atoms with Crippen molar-refractivity contribution in [3.63, 3.8) is 0 Å². The Bertz CT molecular complexity index is 971. The van der Waals surface area contributed by atoms with Gasteiger partial charge < -0.3 is 10.2 Å². The number of aromatic nitrogens is 2. The molecule has 0 bridgehead atoms. The first-order chi connectivity index (χ1) is 13.6. The van der Waals surface area contributed by atoms with Crippen LogP contribution < -0.4 is 10.2 Å². The van der Waals surface area contributed by atoms with Gasteiger partial charge in [0.2, 0.25) is 0 Å². The molecule has 1 N–H and O–H groups in total. The molecule has 0 spiro atoms. The molecular formula is C21H20F2N4O. The molecule has 1 saturated heterocycles. The van der Waals surface area contributed by atoms with Crippen LogP contribution in [0.3, 0.4) is 0 Å². The van der Waals surface area contributed by atoms with Gasteiger partial charge in [0, 0.05) is 31.5 Å². The first-order valence-electron chi connectivity index (χ1n) is 9.18. The number of anilines is 1. The fourth-order valence-corrected chi connectivity index (χ4v) is 3.43. The lowest BCUT2D eigenvalue weighted by Crippen LogP contribution is -2.30. The van der Waals surface area contributed by atoms with Gasteiger partial charge in [-0.2, -0.15) is 5.10 Å². The maximum atomic E-state index is 13.9. The molecule has 4 rings (SSSR count). The zero-order valence-corrected chi connectivity index (χ0v) is 15.2. The number of amides is 1. The molecule has 1 atom stereocenters. The van der Waals surface area contributed by atoms with Crippen LogP contribution in [-0.4, -0.2) is 35.3 Å². The number of nitrogens with one attached hydrogen (secondary N) is 1. The van der Waals surface area contributed by atoms with E-state index in [2.05, 4.69) is 15.3 Å². The van der Waals surface area contributed by atoms with Gasteiger partial charge in [0.15, 0.2) is 0 Å². The molecular weight excluding hydrogens is 362 g/mol. The molecule has 1 aliphatic heterocycles. The number of carbonyl (C=O) groups is 1. The van der Waals surface area contributed by atoms with E-state index in [4.69, 9.17) is 0 Å². The van der Waals surface area contributed by atoms with Crippen molar-refractivity contribution < 1.29 is 13.6 Å². The summed E-state index contributed by atoms with van der Waals surface area (Å²) < 4.78 is 28.3. The van der Waals surface area contributed by atoms with Crippen LogP contribution >= 0.6 is 0 Å². The number of nitrogens with zero attached hydrogens (tertiary/aromatic N) is 3. The van der Waals surface area contributed by atoms with Crippen molar-refractivity contribution >= 4 is 11.6 Å². The predicted molar refractivity (Wildman–Crippen MR) is 103 cm³/mol. The van der Waals surface area contributed by atoms with Crippen LogP contribution in [0.4, 0.5) is 14.5 Å². The molecule has 7 heteroatoms. The highest BCUT2D eigenvalue weighted by atomic mass is 19.1. The van der Waals surface area contributed by atoms with Crippen molar-refractivity contribution in [2.24, 2.45) is 5.92 Å². The van der Waals surface area contributed by atoms with Crippen LogP contribution in [0, 0.1) is 17.6 Å². The molecule has 144 valence electrons. The fraction of sp³-hybridized carbons (Fsp3) is 0.238. The second-order valence-electron chi connectivity index (χ2n) is 6.91. The van der Waals surface area contributed by atoms with Crippen molar-refractivity contribution in [1.29, 1.82) is 0 Å². The summed E-state index contributed by atoms with van der Waals surface area (Å²) in [6.07, 6.45) is 3.90. The molecule has 3 aromatic rings. The van der Waals surface area contributed by atoms with E-state index in [1.807, 2.05) is 0 Å². The second-order valence-corrected chi connectivity index (χ2v) is 6.91. The van der Waals surface area contributed by atoms with Crippen LogP contribution in [0.2, 0.25) is 0 Å². The third-order valence-corrected chi connectivity index (χ3v) is 4.97. The van der Waals surface area contributed by atoms with Crippen molar-refractivity contribution in [3.8, 4) is 5.69 Å². The highest BCUT2D eigenvalue weighted by molar-refractivity contribution is 5.93. The molecule has 5 nitrogen and oxygen atoms in total. The maximum Gasteiger partial charge on any atom is 0.254 e. The van der Waals surface area contributed by atoms with Crippen LogP contribution in [0.1, 0.15) is 16.8 Å². The summed E-state index contributed by atoms with van der Waals surface area (Å²) in [5.41, 5.74) is 1.67. The summed E-state index contributed by atoms with van der Waals surface area (Å²) >= 11 is 0. The summed E-state index contributed by atoms with van der Waals surface area (Å²) in [6.45, 7) is 2.22. The van der Waals surface area contributed by atoms with E-state index < -0.39 is 5.82 Å². The topological polar surface area (TPSA) is 50.2 Å². The van der Waals surface area contributed by atoms with Crippen LogP contribution in [-0.2, 0) is 0 Å². The number of hydrogen-bond acceptors (Lipinski definition) is 3. The van der Waals surface area contributed by atoms with E-state index in [0.717, 1.165) is 25.2 Å². The monoisotopic (exact) mass is 382 g/mol. The maximum absolute atomic E-state index is 13.9. The Hall–Kier alpha value is -3.22. The summed E-state index contributed by atoms with van der Waals surface area (Å²) in [5.74, 6) is -0.564. The van der Waals surface area contributed by atoms with Crippen LogP contribution in [0.15, 0.2) is 60.9 Å². The molecule has 1 amide bonds. The standard InChI is InChI=1S/C21H20F2N4O/c22-17-5-7-18(8-6-17)26-10-9-15(13-26)11-24-21(28)16-12-25-27(14-16)20-4-2-1-3-19(20)23/h1-8,12,14-15H,9-11,13H2,(H,24,28)/t15-/m1/s1. The number of para-hydroxylation sites is 1. The third kappa shape index (κ3) is 3.88. The molecule has 0 radical (unpaired) electrons. The Balaban J connectivity index is 1.33. The Morgan fingerprint density at radius 2 is 1.93 bits per heavy atom. The van der Waals surface area contributed by atoms with Gasteiger partial charge in [-0.3, -0.25) is 4.79 Å². The van der Waals surface area contributed by atoms with Gasteiger partial charge in [0.25, 0.3) is 5.91 Å². The van der Waals surface area contributed by atoms with Gasteiger partial charge >= 0.3 is 0 Å². The van der Waals surface area contributed by atoms with E-state index in [9.17, 15) is 13.6 Å². The van der Waals surface area contributed by atoms with Crippen molar-refractivity contribution in [2.45, 2.75) is 6.42 Å². The summed E-state index contributed by atoms with van der Waals surface area (Å²) in [6, 6.07) is 12.7. The molecule has 0 aliphatic carbocycles. The highest BCUT2D eigenvalue weighted by Crippen LogP contribution is 2.23. The Morgan fingerprint density at radius 1 is 1.14 bits per heavy atom. The predicted octanol–water partition coefficient (Wildman–Crippen LogP) is 3.41. The SMILES string of the molecule is O=C(NC[C@H]1CCN(c2ccc(F)cc2)C1)c1cnn(-c2ccccc2F)c1. The number of benzene rings is 2. The lowest BCUT2D eigenvalue weighted by molar-refractivity contribution is 0.0948. The summed E-state index contributed by atoms with van der Waals surface area (Å²) in [4.78, 5) is 14.6. The zero-order valence-electron chi connectivity index (χ0n) is 15.2. The largest absolute Gasteiger partial charge is 0.371 e. The number of carbonyl (C=O) groups excluding carboxylic acids is 1. The highest BCUT2D eigenvalue weighted by Gasteiger charge is 2.23. The number of rotatable bonds is 5. The smallest absolute Gasteiger partial charge is 0.254 e. The van der Waals surface area contributed by atoms with Gasteiger partial charge in [0.1, 0.15) is 17.3 Å². The first kappa shape index (κ1) is 18.2. The second kappa shape index (κ2) is 7.80. The fourth-order valence-electron chi connectivity index (χ4n) is 3.43. The molecule has 1 fully saturated rings. The van der Waals surface area contributed by atoms with Crippen molar-refractivity contribution in [1.82, 2.24) is 15.1 Å². The molecule has 2 aromatic carbocycles. The lowest BCUT2D eigenvalue weighted by Gasteiger charge is -2.18. The van der Waals surface area contributed by atoms with Crippen molar-refractivity contribution in [3.05, 3.63) is 78.1 Å². The molecule has 1 aromatic heterocycles. The molecule has 1 aliphatic rings. The zero-order chi connectivity index (χ0) is 19.5. The lowest BCUT2D eigenvalue weighted by atomic mass is 10.1. The summed E-state index contributed by atoms with van der Waals surface area (Å²) in [5, 5.41) is 7.01. The average Bonchev–Trinajstić information content (AvgIpc) is 3.37. The minimum atomic E-state index is -0.399. The molecule has 0 unspecified atom stereocenters. The Kier molecular flexibility index (Phi) is 5.06. The van der Waals surface area contributed by atoms with E-state index >= 15 is 0 Å². The van der Waals surface area contributed by atoms with E-state index in [0.29, 0.717) is 23.7 Å². The van der Waals surface area contributed by atoms with Gasteiger partial charge in [0.05, 0.1) is 11.8 Å². The quantitative estimate of drug-likeness (QED) is 0.736. The third-order valence-electron chi connectivity index (χ3n) is 4.97. The van der Waals surface area contributed by atoms with Gasteiger partial charge in [-0.1, -0.05) is 12.1 Å². The molecule has 0 saturated carbocycles. The summed E-state index contributed by atoms with van der Waals surface area (Å²) in [7, 11) is 0. The van der Waals surface area contributed by atoms with E-state index in [1.165, 1.54) is 35.3 Å². The van der Waals surface area contributed by atoms with Crippen LogP contribution in [0.25, 0.3) is 5.69 Å². The number of hydrogen-bond donors (Lipinski definition) is 1. The number of halogens is 2. The molecule has 28 heavy (non-hydrogen) atoms. The Morgan fingerprint density at radius 3 is 2.71 bits per heavy atom. The van der Waals surface area contributed by atoms with Gasteiger partial charge in [-0.15, -0.1) is 0 Å². The van der Waals surface area contributed by atoms with Crippen molar-refractivity contribution in [2.75, 3.05) is 24.5 Å². The minimum Gasteiger partial charge on any atom is -0.371 e. The first-order valence-corrected chi connectivity index (χ1v) is 9.18. The van der Waals surface area contributed by atoms with Crippen LogP contribution in [0.5, 0.6) is 0 Å². The minimum absolute atomic E-state index is 0.233. The molecule has 2 heterocycles. The normalized spacial score (nSPS) is 16.4. The van der Waals surface area contributed by atoms with Gasteiger partial charge in [-0.25, -0.2) is 13.5 Å². The van der Waals surface area contributed by atoms with E-state index in [1.54, 1.807) is 30.3 Å². The van der Waals surface area contributed by atoms with Gasteiger partial charge in [-0.05, 0) is 48.7 Å². The average molecular weight is 382 g/mol.